The van der Waals surface area contributed by atoms with Crippen LogP contribution in [0.5, 0.6) is 0 Å². The number of hydrogen-bond acceptors (Lipinski definition) is 2. The molecule has 3 rings (SSSR count). The molecule has 0 aliphatic heterocycles. The topological polar surface area (TPSA) is 46.2 Å². The molecule has 1 N–H and O–H groups in total. The highest BCUT2D eigenvalue weighted by molar-refractivity contribution is 9.10. The van der Waals surface area contributed by atoms with Crippen molar-refractivity contribution in [2.75, 3.05) is 0 Å². The van der Waals surface area contributed by atoms with Gasteiger partial charge >= 0.3 is 0 Å². The first-order chi connectivity index (χ1) is 11.5. The minimum atomic E-state index is -3.53. The lowest BCUT2D eigenvalue weighted by atomic mass is 9.89. The summed E-state index contributed by atoms with van der Waals surface area (Å²) in [6, 6.07) is 12.9. The Labute approximate surface area is 152 Å². The molecular weight excluding hydrogens is 386 g/mol. The van der Waals surface area contributed by atoms with Gasteiger partial charge in [0.25, 0.3) is 0 Å². The Morgan fingerprint density at radius 2 is 1.71 bits per heavy atom. The van der Waals surface area contributed by atoms with E-state index in [9.17, 15) is 8.42 Å². The summed E-state index contributed by atoms with van der Waals surface area (Å²) in [5.41, 5.74) is 3.84. The van der Waals surface area contributed by atoms with Crippen LogP contribution < -0.4 is 4.72 Å². The molecule has 3 nitrogen and oxygen atoms in total. The van der Waals surface area contributed by atoms with Gasteiger partial charge in [0.15, 0.2) is 0 Å². The minimum Gasteiger partial charge on any atom is -0.207 e. The monoisotopic (exact) mass is 407 g/mol. The Morgan fingerprint density at radius 3 is 2.38 bits per heavy atom. The maximum atomic E-state index is 12.6. The predicted molar refractivity (Wildman–Crippen MR) is 101 cm³/mol. The first kappa shape index (κ1) is 17.6. The molecule has 1 aliphatic carbocycles. The third-order valence-corrected chi connectivity index (χ3v) is 6.62. The number of rotatable bonds is 5. The highest BCUT2D eigenvalue weighted by Crippen LogP contribution is 2.27. The average Bonchev–Trinajstić information content (AvgIpc) is 2.59. The number of halogens is 1. The van der Waals surface area contributed by atoms with Crippen molar-refractivity contribution in [1.82, 2.24) is 4.72 Å². The second-order valence-corrected chi connectivity index (χ2v) is 8.90. The Balaban J connectivity index is 1.85. The number of hydrogen-bond donors (Lipinski definition) is 1. The fraction of sp³-hybridized carbons (Fsp3) is 0.368. The molecule has 0 amide bonds. The van der Waals surface area contributed by atoms with Gasteiger partial charge in [-0.05, 0) is 73.1 Å². The van der Waals surface area contributed by atoms with Gasteiger partial charge in [-0.25, -0.2) is 13.1 Å². The Bertz CT molecular complexity index is 816. The van der Waals surface area contributed by atoms with Crippen molar-refractivity contribution < 1.29 is 8.42 Å². The molecule has 0 spiro atoms. The lowest BCUT2D eigenvalue weighted by Crippen LogP contribution is -2.28. The molecular formula is C19H22BrNO2S. The molecule has 1 atom stereocenters. The van der Waals surface area contributed by atoms with Crippen LogP contribution in [0, 0.1) is 0 Å². The fourth-order valence-corrected chi connectivity index (χ4v) is 4.80. The van der Waals surface area contributed by atoms with Crippen molar-refractivity contribution in [3.8, 4) is 0 Å². The van der Waals surface area contributed by atoms with E-state index >= 15 is 0 Å². The van der Waals surface area contributed by atoms with E-state index in [0.717, 1.165) is 22.9 Å². The molecule has 0 unspecified atom stereocenters. The molecule has 24 heavy (non-hydrogen) atoms. The molecule has 0 heterocycles. The van der Waals surface area contributed by atoms with Crippen LogP contribution in [0.15, 0.2) is 51.8 Å². The third kappa shape index (κ3) is 3.90. The number of nitrogens with one attached hydrogen (secondary N) is 1. The van der Waals surface area contributed by atoms with Crippen LogP contribution >= 0.6 is 15.9 Å². The second-order valence-electron chi connectivity index (χ2n) is 6.27. The largest absolute Gasteiger partial charge is 0.241 e. The van der Waals surface area contributed by atoms with Gasteiger partial charge in [0.2, 0.25) is 10.0 Å². The van der Waals surface area contributed by atoms with E-state index in [-0.39, 0.29) is 6.04 Å². The zero-order chi connectivity index (χ0) is 17.2. The van der Waals surface area contributed by atoms with Crippen LogP contribution in [-0.4, -0.2) is 8.42 Å². The summed E-state index contributed by atoms with van der Waals surface area (Å²) >= 11 is 3.33. The SMILES string of the molecule is CC[C@@H](NS(=O)(=O)c1ccc(Br)cc1)c1ccc2c(c1)CCCC2. The highest BCUT2D eigenvalue weighted by atomic mass is 79.9. The van der Waals surface area contributed by atoms with E-state index in [1.165, 1.54) is 24.0 Å². The standard InChI is InChI=1S/C19H22BrNO2S/c1-2-19(16-8-7-14-5-3-4-6-15(14)13-16)21-24(22,23)18-11-9-17(20)10-12-18/h7-13,19,21H,2-6H2,1H3/t19-/m1/s1. The maximum absolute atomic E-state index is 12.6. The Kier molecular flexibility index (Phi) is 5.42. The summed E-state index contributed by atoms with van der Waals surface area (Å²) in [5, 5.41) is 0. The Morgan fingerprint density at radius 1 is 1.04 bits per heavy atom. The molecule has 0 saturated heterocycles. The predicted octanol–water partition coefficient (Wildman–Crippen LogP) is 4.76. The summed E-state index contributed by atoms with van der Waals surface area (Å²) in [7, 11) is -3.53. The van der Waals surface area contributed by atoms with Crippen molar-refractivity contribution in [2.45, 2.75) is 50.0 Å². The minimum absolute atomic E-state index is 0.203. The summed E-state index contributed by atoms with van der Waals surface area (Å²) in [5.74, 6) is 0. The molecule has 0 radical (unpaired) electrons. The van der Waals surface area contributed by atoms with E-state index in [1.54, 1.807) is 24.3 Å². The molecule has 2 aromatic rings. The van der Waals surface area contributed by atoms with E-state index in [4.69, 9.17) is 0 Å². The number of benzene rings is 2. The number of fused-ring (bicyclic) bond motifs is 1. The summed E-state index contributed by atoms with van der Waals surface area (Å²) in [6.07, 6.45) is 5.42. The van der Waals surface area contributed by atoms with Crippen molar-refractivity contribution in [3.05, 3.63) is 63.6 Å². The quantitative estimate of drug-likeness (QED) is 0.776. The highest BCUT2D eigenvalue weighted by Gasteiger charge is 2.21. The molecule has 128 valence electrons. The molecule has 0 bridgehead atoms. The van der Waals surface area contributed by atoms with Crippen molar-refractivity contribution in [1.29, 1.82) is 0 Å². The van der Waals surface area contributed by atoms with Gasteiger partial charge in [-0.3, -0.25) is 0 Å². The van der Waals surface area contributed by atoms with Crippen LogP contribution in [0.25, 0.3) is 0 Å². The number of aryl methyl sites for hydroxylation is 2. The molecule has 0 fully saturated rings. The van der Waals surface area contributed by atoms with Gasteiger partial charge in [-0.15, -0.1) is 0 Å². The van der Waals surface area contributed by atoms with Crippen LogP contribution in [-0.2, 0) is 22.9 Å². The zero-order valence-electron chi connectivity index (χ0n) is 13.8. The van der Waals surface area contributed by atoms with Crippen LogP contribution in [0.4, 0.5) is 0 Å². The lowest BCUT2D eigenvalue weighted by Gasteiger charge is -2.21. The van der Waals surface area contributed by atoms with Gasteiger partial charge in [0.05, 0.1) is 4.90 Å². The number of sulfonamides is 1. The maximum Gasteiger partial charge on any atom is 0.241 e. The van der Waals surface area contributed by atoms with Gasteiger partial charge < -0.3 is 0 Å². The average molecular weight is 408 g/mol. The van der Waals surface area contributed by atoms with Crippen LogP contribution in [0.2, 0.25) is 0 Å². The summed E-state index contributed by atoms with van der Waals surface area (Å²) < 4.78 is 29.0. The normalized spacial score (nSPS) is 15.8. The molecule has 0 saturated carbocycles. The van der Waals surface area contributed by atoms with Gasteiger partial charge in [0.1, 0.15) is 0 Å². The van der Waals surface area contributed by atoms with E-state index < -0.39 is 10.0 Å². The fourth-order valence-electron chi connectivity index (χ4n) is 3.23. The zero-order valence-corrected chi connectivity index (χ0v) is 16.2. The van der Waals surface area contributed by atoms with Crippen LogP contribution in [0.3, 0.4) is 0 Å². The van der Waals surface area contributed by atoms with Crippen LogP contribution in [0.1, 0.15) is 48.9 Å². The van der Waals surface area contributed by atoms with E-state index in [0.29, 0.717) is 11.3 Å². The van der Waals surface area contributed by atoms with E-state index in [2.05, 4.69) is 38.9 Å². The van der Waals surface area contributed by atoms with E-state index in [1.807, 2.05) is 6.92 Å². The molecule has 1 aliphatic rings. The molecule has 0 aromatic heterocycles. The van der Waals surface area contributed by atoms with Gasteiger partial charge in [-0.2, -0.15) is 0 Å². The first-order valence-corrected chi connectivity index (χ1v) is 10.7. The first-order valence-electron chi connectivity index (χ1n) is 8.39. The smallest absolute Gasteiger partial charge is 0.207 e. The molecule has 2 aromatic carbocycles. The lowest BCUT2D eigenvalue weighted by molar-refractivity contribution is 0.549. The second kappa shape index (κ2) is 7.38. The third-order valence-electron chi connectivity index (χ3n) is 4.60. The molecule has 5 heteroatoms. The summed E-state index contributed by atoms with van der Waals surface area (Å²) in [4.78, 5) is 0.294. The van der Waals surface area contributed by atoms with Gasteiger partial charge in [0, 0.05) is 10.5 Å². The van der Waals surface area contributed by atoms with Crippen molar-refractivity contribution in [3.63, 3.8) is 0 Å². The van der Waals surface area contributed by atoms with Crippen molar-refractivity contribution in [2.24, 2.45) is 0 Å². The van der Waals surface area contributed by atoms with Gasteiger partial charge in [-0.1, -0.05) is 41.1 Å². The summed E-state index contributed by atoms with van der Waals surface area (Å²) in [6.45, 7) is 2.01. The Hall–Kier alpha value is -1.17. The van der Waals surface area contributed by atoms with Crippen molar-refractivity contribution >= 4 is 26.0 Å².